The van der Waals surface area contributed by atoms with Crippen LogP contribution in [0.5, 0.6) is 0 Å². The Labute approximate surface area is 178 Å². The van der Waals surface area contributed by atoms with E-state index in [-0.39, 0.29) is 11.6 Å². The number of allylic oxidation sites excluding steroid dienone is 2. The molecule has 0 unspecified atom stereocenters. The minimum Gasteiger partial charge on any atom is -0.328 e. The predicted molar refractivity (Wildman–Crippen MR) is 115 cm³/mol. The Kier molecular flexibility index (Phi) is 4.90. The van der Waals surface area contributed by atoms with Gasteiger partial charge in [-0.25, -0.2) is 9.07 Å². The van der Waals surface area contributed by atoms with E-state index in [1.165, 1.54) is 29.0 Å². The molecule has 2 aliphatic rings. The Morgan fingerprint density at radius 2 is 1.97 bits per heavy atom. The standard InChI is InChI=1S/C23H21FN4OS/c1-14-7-2-3-8-15(14)13-30-23-26-22-25-18-11-6-12-19(29)20(18)21(28(22)27-23)16-9-4-5-10-17(16)24/h2-5,7-10,21H,6,11-13H2,1H3,(H,25,26,27)/t21-/m1/s1. The van der Waals surface area contributed by atoms with Gasteiger partial charge in [0.15, 0.2) is 5.78 Å². The molecule has 30 heavy (non-hydrogen) atoms. The van der Waals surface area contributed by atoms with E-state index in [2.05, 4.69) is 34.5 Å². The van der Waals surface area contributed by atoms with Crippen molar-refractivity contribution in [1.29, 1.82) is 0 Å². The molecule has 0 radical (unpaired) electrons. The second kappa shape index (κ2) is 7.72. The molecule has 1 N–H and O–H groups in total. The lowest BCUT2D eigenvalue weighted by atomic mass is 9.85. The van der Waals surface area contributed by atoms with Gasteiger partial charge >= 0.3 is 0 Å². The number of halogens is 1. The van der Waals surface area contributed by atoms with Crippen LogP contribution in [0.2, 0.25) is 0 Å². The fourth-order valence-electron chi connectivity index (χ4n) is 4.10. The van der Waals surface area contributed by atoms with Crippen LogP contribution in [0.25, 0.3) is 0 Å². The van der Waals surface area contributed by atoms with Gasteiger partial charge in [0.2, 0.25) is 11.1 Å². The van der Waals surface area contributed by atoms with E-state index in [4.69, 9.17) is 0 Å². The first-order chi connectivity index (χ1) is 14.6. The zero-order valence-electron chi connectivity index (χ0n) is 16.6. The van der Waals surface area contributed by atoms with Gasteiger partial charge in [0, 0.05) is 29.0 Å². The van der Waals surface area contributed by atoms with Crippen LogP contribution in [-0.2, 0) is 10.5 Å². The molecule has 1 atom stereocenters. The third-order valence-electron chi connectivity index (χ3n) is 5.67. The van der Waals surface area contributed by atoms with Gasteiger partial charge < -0.3 is 5.32 Å². The molecule has 3 aromatic rings. The normalized spacial score (nSPS) is 18.1. The summed E-state index contributed by atoms with van der Waals surface area (Å²) in [5.41, 5.74) is 4.35. The lowest BCUT2D eigenvalue weighted by molar-refractivity contribution is -0.116. The van der Waals surface area contributed by atoms with Crippen molar-refractivity contribution in [2.75, 3.05) is 5.32 Å². The summed E-state index contributed by atoms with van der Waals surface area (Å²) in [6.07, 6.45) is 2.02. The minimum atomic E-state index is -0.592. The summed E-state index contributed by atoms with van der Waals surface area (Å²) < 4.78 is 16.4. The zero-order valence-corrected chi connectivity index (χ0v) is 17.4. The predicted octanol–water partition coefficient (Wildman–Crippen LogP) is 5.04. The number of benzene rings is 2. The third kappa shape index (κ3) is 3.33. The van der Waals surface area contributed by atoms with Gasteiger partial charge in [-0.15, -0.1) is 5.10 Å². The molecule has 2 heterocycles. The molecule has 2 aromatic carbocycles. The van der Waals surface area contributed by atoms with Crippen molar-refractivity contribution in [3.05, 3.63) is 82.3 Å². The number of carbonyl (C=O) groups excluding carboxylic acids is 1. The average Bonchev–Trinajstić information content (AvgIpc) is 3.15. The molecular weight excluding hydrogens is 399 g/mol. The first kappa shape index (κ1) is 19.1. The molecule has 0 bridgehead atoms. The quantitative estimate of drug-likeness (QED) is 0.599. The highest BCUT2D eigenvalue weighted by atomic mass is 32.2. The summed E-state index contributed by atoms with van der Waals surface area (Å²) >= 11 is 1.54. The van der Waals surface area contributed by atoms with Crippen molar-refractivity contribution in [3.63, 3.8) is 0 Å². The molecule has 1 aromatic heterocycles. The maximum Gasteiger partial charge on any atom is 0.227 e. The van der Waals surface area contributed by atoms with Crippen molar-refractivity contribution >= 4 is 23.5 Å². The van der Waals surface area contributed by atoms with Crippen molar-refractivity contribution in [2.45, 2.75) is 43.1 Å². The topological polar surface area (TPSA) is 59.8 Å². The number of rotatable bonds is 4. The highest BCUT2D eigenvalue weighted by Crippen LogP contribution is 2.41. The van der Waals surface area contributed by atoms with Crippen LogP contribution >= 0.6 is 11.8 Å². The smallest absolute Gasteiger partial charge is 0.227 e. The highest BCUT2D eigenvalue weighted by Gasteiger charge is 2.37. The van der Waals surface area contributed by atoms with E-state index in [1.807, 2.05) is 12.1 Å². The number of Topliss-reactive ketones (excluding diaryl/α,β-unsaturated/α-hetero) is 1. The van der Waals surface area contributed by atoms with E-state index in [9.17, 15) is 9.18 Å². The Bertz CT molecular complexity index is 1170. The molecule has 1 aliphatic heterocycles. The summed E-state index contributed by atoms with van der Waals surface area (Å²) in [5.74, 6) is 1.01. The van der Waals surface area contributed by atoms with Gasteiger partial charge in [-0.2, -0.15) is 4.98 Å². The van der Waals surface area contributed by atoms with Crippen LogP contribution in [0.3, 0.4) is 0 Å². The van der Waals surface area contributed by atoms with Gasteiger partial charge in [-0.3, -0.25) is 4.79 Å². The van der Waals surface area contributed by atoms with Crippen molar-refractivity contribution in [3.8, 4) is 0 Å². The first-order valence-corrected chi connectivity index (χ1v) is 11.0. The van der Waals surface area contributed by atoms with Gasteiger partial charge in [-0.05, 0) is 37.0 Å². The van der Waals surface area contributed by atoms with Crippen LogP contribution in [0, 0.1) is 12.7 Å². The Morgan fingerprint density at radius 3 is 2.80 bits per heavy atom. The monoisotopic (exact) mass is 420 g/mol. The zero-order chi connectivity index (χ0) is 20.7. The van der Waals surface area contributed by atoms with E-state index >= 15 is 0 Å². The van der Waals surface area contributed by atoms with Crippen LogP contribution in [-0.4, -0.2) is 20.5 Å². The summed E-state index contributed by atoms with van der Waals surface area (Å²) in [6.45, 7) is 2.08. The molecule has 1 aliphatic carbocycles. The Balaban J connectivity index is 1.53. The fraction of sp³-hybridized carbons (Fsp3) is 0.261. The van der Waals surface area contributed by atoms with E-state index < -0.39 is 6.04 Å². The van der Waals surface area contributed by atoms with Crippen LogP contribution in [0.1, 0.15) is 42.0 Å². The molecule has 0 amide bonds. The number of hydrogen-bond acceptors (Lipinski definition) is 5. The fourth-order valence-corrected chi connectivity index (χ4v) is 5.00. The number of thioether (sulfide) groups is 1. The van der Waals surface area contributed by atoms with Crippen molar-refractivity contribution in [1.82, 2.24) is 14.8 Å². The number of nitrogens with zero attached hydrogens (tertiary/aromatic N) is 3. The number of carbonyl (C=O) groups is 1. The highest BCUT2D eigenvalue weighted by molar-refractivity contribution is 7.98. The van der Waals surface area contributed by atoms with E-state index in [1.54, 1.807) is 22.9 Å². The SMILES string of the molecule is Cc1ccccc1CSc1nc2n(n1)[C@H](c1ccccc1F)C1=C(CCCC1=O)N2. The number of hydrogen-bond donors (Lipinski definition) is 1. The molecular formula is C23H21FN4OS. The van der Waals surface area contributed by atoms with Crippen molar-refractivity contribution in [2.24, 2.45) is 0 Å². The van der Waals surface area contributed by atoms with Gasteiger partial charge in [0.1, 0.15) is 11.9 Å². The molecule has 0 spiro atoms. The van der Waals surface area contributed by atoms with Crippen LogP contribution < -0.4 is 5.32 Å². The molecule has 0 fully saturated rings. The number of anilines is 1. The van der Waals surface area contributed by atoms with E-state index in [0.29, 0.717) is 28.7 Å². The maximum absolute atomic E-state index is 14.8. The minimum absolute atomic E-state index is 0.0484. The molecule has 5 nitrogen and oxygen atoms in total. The summed E-state index contributed by atoms with van der Waals surface area (Å²) in [7, 11) is 0. The summed E-state index contributed by atoms with van der Waals surface area (Å²) in [4.78, 5) is 17.5. The molecule has 5 rings (SSSR count). The van der Waals surface area contributed by atoms with Gasteiger partial charge in [-0.1, -0.05) is 54.2 Å². The molecule has 0 saturated heterocycles. The largest absolute Gasteiger partial charge is 0.328 e. The Hall–Kier alpha value is -2.93. The second-order valence-electron chi connectivity index (χ2n) is 7.60. The summed E-state index contributed by atoms with van der Waals surface area (Å²) in [5, 5.41) is 8.57. The summed E-state index contributed by atoms with van der Waals surface area (Å²) in [6, 6.07) is 14.2. The second-order valence-corrected chi connectivity index (χ2v) is 8.54. The Morgan fingerprint density at radius 1 is 1.17 bits per heavy atom. The number of nitrogens with one attached hydrogen (secondary N) is 1. The number of ketones is 1. The van der Waals surface area contributed by atoms with E-state index in [0.717, 1.165) is 24.3 Å². The van der Waals surface area contributed by atoms with Gasteiger partial charge in [0.25, 0.3) is 0 Å². The average molecular weight is 421 g/mol. The maximum atomic E-state index is 14.8. The molecule has 152 valence electrons. The first-order valence-electron chi connectivity index (χ1n) is 10.0. The third-order valence-corrected chi connectivity index (χ3v) is 6.55. The van der Waals surface area contributed by atoms with Crippen LogP contribution in [0.15, 0.2) is 65.0 Å². The number of fused-ring (bicyclic) bond motifs is 1. The molecule has 7 heteroatoms. The van der Waals surface area contributed by atoms with Crippen molar-refractivity contribution < 1.29 is 9.18 Å². The lowest BCUT2D eigenvalue weighted by Gasteiger charge is -2.32. The van der Waals surface area contributed by atoms with Crippen LogP contribution in [0.4, 0.5) is 10.3 Å². The number of aromatic nitrogens is 3. The molecule has 0 saturated carbocycles. The van der Waals surface area contributed by atoms with Gasteiger partial charge in [0.05, 0.1) is 0 Å². The lowest BCUT2D eigenvalue weighted by Crippen LogP contribution is -2.32. The number of aryl methyl sites for hydroxylation is 1.